The number of rotatable bonds is 6. The van der Waals surface area contributed by atoms with E-state index in [9.17, 15) is 4.79 Å². The molecule has 4 heteroatoms. The number of carbonyl (C=O) groups excluding carboxylic acids is 1. The van der Waals surface area contributed by atoms with Gasteiger partial charge < -0.3 is 14.8 Å². The molecule has 0 heterocycles. The molecule has 4 nitrogen and oxygen atoms in total. The van der Waals surface area contributed by atoms with Crippen LogP contribution in [0.15, 0.2) is 66.4 Å². The molecule has 0 bridgehead atoms. The highest BCUT2D eigenvalue weighted by Crippen LogP contribution is 2.23. The van der Waals surface area contributed by atoms with Gasteiger partial charge in [-0.2, -0.15) is 0 Å². The molecule has 0 aliphatic heterocycles. The summed E-state index contributed by atoms with van der Waals surface area (Å²) in [5.41, 5.74) is 1.59. The topological polar surface area (TPSA) is 47.6 Å². The fourth-order valence-electron chi connectivity index (χ4n) is 1.86. The summed E-state index contributed by atoms with van der Waals surface area (Å²) >= 11 is 0. The molecule has 0 saturated carbocycles. The second kappa shape index (κ2) is 7.88. The van der Waals surface area contributed by atoms with Gasteiger partial charge >= 0.3 is 5.97 Å². The largest absolute Gasteiger partial charge is 0.463 e. The van der Waals surface area contributed by atoms with Crippen LogP contribution in [0.2, 0.25) is 0 Å². The minimum atomic E-state index is -0.350. The van der Waals surface area contributed by atoms with Crippen LogP contribution in [-0.4, -0.2) is 12.6 Å². The summed E-state index contributed by atoms with van der Waals surface area (Å²) in [7, 11) is 0. The number of carbonyl (C=O) groups is 1. The Labute approximate surface area is 130 Å². The Bertz CT molecular complexity index is 633. The second-order valence-electron chi connectivity index (χ2n) is 4.64. The maximum atomic E-state index is 11.3. The first-order valence-corrected chi connectivity index (χ1v) is 7.12. The van der Waals surface area contributed by atoms with E-state index >= 15 is 0 Å². The summed E-state index contributed by atoms with van der Waals surface area (Å²) in [6.07, 6.45) is 1.43. The van der Waals surface area contributed by atoms with Gasteiger partial charge in [0, 0.05) is 17.5 Å². The summed E-state index contributed by atoms with van der Waals surface area (Å²) < 4.78 is 10.6. The third-order valence-electron chi connectivity index (χ3n) is 2.80. The van der Waals surface area contributed by atoms with Crippen molar-refractivity contribution in [3.05, 3.63) is 66.4 Å². The maximum absolute atomic E-state index is 11.3. The van der Waals surface area contributed by atoms with Crippen LogP contribution in [-0.2, 0) is 9.53 Å². The minimum Gasteiger partial charge on any atom is -0.463 e. The molecule has 0 saturated heterocycles. The van der Waals surface area contributed by atoms with Gasteiger partial charge in [0.05, 0.1) is 6.61 Å². The van der Waals surface area contributed by atoms with Gasteiger partial charge in [0.15, 0.2) is 0 Å². The molecule has 2 aromatic carbocycles. The molecule has 0 aromatic heterocycles. The summed E-state index contributed by atoms with van der Waals surface area (Å²) in [6, 6.07) is 17.1. The molecule has 2 rings (SSSR count). The van der Waals surface area contributed by atoms with E-state index < -0.39 is 0 Å². The van der Waals surface area contributed by atoms with Gasteiger partial charge in [-0.25, -0.2) is 4.79 Å². The molecule has 0 radical (unpaired) electrons. The Balaban J connectivity index is 1.96. The normalized spacial score (nSPS) is 10.9. The molecular weight excluding hydrogens is 278 g/mol. The fourth-order valence-corrected chi connectivity index (χ4v) is 1.86. The Morgan fingerprint density at radius 3 is 2.32 bits per heavy atom. The zero-order valence-electron chi connectivity index (χ0n) is 12.7. The number of nitrogens with one attached hydrogen (secondary N) is 1. The van der Waals surface area contributed by atoms with Crippen molar-refractivity contribution < 1.29 is 14.3 Å². The predicted octanol–water partition coefficient (Wildman–Crippen LogP) is 4.36. The van der Waals surface area contributed by atoms with Crippen LogP contribution in [0.1, 0.15) is 13.8 Å². The van der Waals surface area contributed by atoms with Crippen LogP contribution < -0.4 is 10.1 Å². The molecule has 0 fully saturated rings. The first-order chi connectivity index (χ1) is 10.7. The number of hydrogen-bond donors (Lipinski definition) is 1. The SMILES string of the molecule is CCOC(=O)/C=C(/C)Nc1ccc(Oc2ccccc2)cc1. The van der Waals surface area contributed by atoms with Gasteiger partial charge in [-0.1, -0.05) is 18.2 Å². The van der Waals surface area contributed by atoms with Crippen LogP contribution in [0.25, 0.3) is 0 Å². The predicted molar refractivity (Wildman–Crippen MR) is 87.0 cm³/mol. The average molecular weight is 297 g/mol. The van der Waals surface area contributed by atoms with Crippen LogP contribution >= 0.6 is 0 Å². The van der Waals surface area contributed by atoms with Crippen LogP contribution in [0.3, 0.4) is 0 Å². The lowest BCUT2D eigenvalue weighted by molar-refractivity contribution is -0.137. The van der Waals surface area contributed by atoms with Crippen LogP contribution in [0, 0.1) is 0 Å². The van der Waals surface area contributed by atoms with Crippen molar-refractivity contribution in [1.29, 1.82) is 0 Å². The summed E-state index contributed by atoms with van der Waals surface area (Å²) in [4.78, 5) is 11.3. The number of anilines is 1. The lowest BCUT2D eigenvalue weighted by atomic mass is 10.3. The Kier molecular flexibility index (Phi) is 5.60. The molecule has 0 unspecified atom stereocenters. The van der Waals surface area contributed by atoms with E-state index in [-0.39, 0.29) is 5.97 Å². The molecule has 0 aliphatic carbocycles. The molecule has 114 valence electrons. The highest BCUT2D eigenvalue weighted by Gasteiger charge is 2.00. The Morgan fingerprint density at radius 1 is 1.05 bits per heavy atom. The van der Waals surface area contributed by atoms with E-state index in [1.165, 1.54) is 6.08 Å². The summed E-state index contributed by atoms with van der Waals surface area (Å²) in [5.74, 6) is 1.20. The van der Waals surface area contributed by atoms with Gasteiger partial charge in [0.25, 0.3) is 0 Å². The first-order valence-electron chi connectivity index (χ1n) is 7.12. The number of esters is 1. The summed E-state index contributed by atoms with van der Waals surface area (Å²) in [5, 5.41) is 3.13. The number of para-hydroxylation sites is 1. The number of benzene rings is 2. The van der Waals surface area contributed by atoms with Gasteiger partial charge in [-0.15, -0.1) is 0 Å². The fraction of sp³-hybridized carbons (Fsp3) is 0.167. The van der Waals surface area contributed by atoms with Crippen LogP contribution in [0.5, 0.6) is 11.5 Å². The van der Waals surface area contributed by atoms with Crippen molar-refractivity contribution in [3.63, 3.8) is 0 Å². The van der Waals surface area contributed by atoms with E-state index in [1.54, 1.807) is 6.92 Å². The zero-order valence-corrected chi connectivity index (χ0v) is 12.7. The molecule has 1 N–H and O–H groups in total. The summed E-state index contributed by atoms with van der Waals surface area (Å²) in [6.45, 7) is 3.96. The van der Waals surface area contributed by atoms with E-state index in [2.05, 4.69) is 5.32 Å². The van der Waals surface area contributed by atoms with Crippen molar-refractivity contribution in [2.45, 2.75) is 13.8 Å². The standard InChI is InChI=1S/C18H19NO3/c1-3-21-18(20)13-14(2)19-15-9-11-17(12-10-15)22-16-7-5-4-6-8-16/h4-13,19H,3H2,1-2H3/b14-13-. The number of hydrogen-bond acceptors (Lipinski definition) is 4. The van der Waals surface area contributed by atoms with Crippen molar-refractivity contribution in [3.8, 4) is 11.5 Å². The maximum Gasteiger partial charge on any atom is 0.332 e. The van der Waals surface area contributed by atoms with Gasteiger partial charge in [0.1, 0.15) is 11.5 Å². The first kappa shape index (κ1) is 15.6. The lowest BCUT2D eigenvalue weighted by Gasteiger charge is -2.09. The molecule has 0 amide bonds. The number of allylic oxidation sites excluding steroid dienone is 1. The van der Waals surface area contributed by atoms with Crippen molar-refractivity contribution in [2.75, 3.05) is 11.9 Å². The van der Waals surface area contributed by atoms with E-state index in [0.29, 0.717) is 6.61 Å². The molecule has 2 aromatic rings. The van der Waals surface area contributed by atoms with Crippen LogP contribution in [0.4, 0.5) is 5.69 Å². The molecule has 0 atom stereocenters. The van der Waals surface area contributed by atoms with Gasteiger partial charge in [0.2, 0.25) is 0 Å². The minimum absolute atomic E-state index is 0.350. The lowest BCUT2D eigenvalue weighted by Crippen LogP contribution is -2.04. The smallest absolute Gasteiger partial charge is 0.332 e. The monoisotopic (exact) mass is 297 g/mol. The second-order valence-corrected chi connectivity index (χ2v) is 4.64. The third-order valence-corrected chi connectivity index (χ3v) is 2.80. The van der Waals surface area contributed by atoms with E-state index in [4.69, 9.17) is 9.47 Å². The third kappa shape index (κ3) is 4.98. The Morgan fingerprint density at radius 2 is 1.68 bits per heavy atom. The van der Waals surface area contributed by atoms with Crippen molar-refractivity contribution in [2.24, 2.45) is 0 Å². The zero-order chi connectivity index (χ0) is 15.8. The van der Waals surface area contributed by atoms with E-state index in [1.807, 2.05) is 61.5 Å². The quantitative estimate of drug-likeness (QED) is 0.636. The van der Waals surface area contributed by atoms with Crippen molar-refractivity contribution >= 4 is 11.7 Å². The molecular formula is C18H19NO3. The molecule has 0 aliphatic rings. The Hall–Kier alpha value is -2.75. The van der Waals surface area contributed by atoms with Gasteiger partial charge in [-0.05, 0) is 50.2 Å². The highest BCUT2D eigenvalue weighted by molar-refractivity contribution is 5.83. The molecule has 0 spiro atoms. The average Bonchev–Trinajstić information content (AvgIpc) is 2.50. The molecule has 22 heavy (non-hydrogen) atoms. The number of ether oxygens (including phenoxy) is 2. The van der Waals surface area contributed by atoms with Crippen molar-refractivity contribution in [1.82, 2.24) is 0 Å². The van der Waals surface area contributed by atoms with E-state index in [0.717, 1.165) is 22.9 Å². The highest BCUT2D eigenvalue weighted by atomic mass is 16.5. The van der Waals surface area contributed by atoms with Gasteiger partial charge in [-0.3, -0.25) is 0 Å².